The van der Waals surface area contributed by atoms with Crippen molar-refractivity contribution in [3.63, 3.8) is 0 Å². The quantitative estimate of drug-likeness (QED) is 0.339. The summed E-state index contributed by atoms with van der Waals surface area (Å²) in [5, 5.41) is 10.0. The number of phenols is 1. The first kappa shape index (κ1) is 20.8. The number of fused-ring (bicyclic) bond motifs is 1. The number of ether oxygens (including phenoxy) is 2. The SMILES string of the molecule is CCCCCCCCCCOc1c(OC(C)=O)c2cc(O)ccc2oc1=O. The Balaban J connectivity index is 2.01. The van der Waals surface area contributed by atoms with Crippen LogP contribution in [0, 0.1) is 0 Å². The maximum atomic E-state index is 12.2. The van der Waals surface area contributed by atoms with Crippen LogP contribution in [0.3, 0.4) is 0 Å². The molecule has 0 bridgehead atoms. The van der Waals surface area contributed by atoms with Gasteiger partial charge in [0.25, 0.3) is 0 Å². The molecule has 0 spiro atoms. The largest absolute Gasteiger partial charge is 0.508 e. The highest BCUT2D eigenvalue weighted by molar-refractivity contribution is 5.89. The summed E-state index contributed by atoms with van der Waals surface area (Å²) < 4.78 is 16.0. The van der Waals surface area contributed by atoms with E-state index in [0.29, 0.717) is 12.0 Å². The Kier molecular flexibility index (Phi) is 8.17. The van der Waals surface area contributed by atoms with Crippen molar-refractivity contribution in [2.45, 2.75) is 65.2 Å². The van der Waals surface area contributed by atoms with E-state index in [9.17, 15) is 14.7 Å². The topological polar surface area (TPSA) is 86.0 Å². The van der Waals surface area contributed by atoms with Crippen molar-refractivity contribution in [2.24, 2.45) is 0 Å². The van der Waals surface area contributed by atoms with Gasteiger partial charge in [-0.15, -0.1) is 0 Å². The summed E-state index contributed by atoms with van der Waals surface area (Å²) in [5.41, 5.74) is -0.488. The standard InChI is InChI=1S/C21H28O6/c1-3-4-5-6-7-8-9-10-13-25-20-19(26-15(2)22)17-14-16(23)11-12-18(17)27-21(20)24/h11-12,14,23H,3-10,13H2,1-2H3. The Morgan fingerprint density at radius 3 is 2.37 bits per heavy atom. The third-order valence-electron chi connectivity index (χ3n) is 4.29. The van der Waals surface area contributed by atoms with Crippen molar-refractivity contribution in [1.82, 2.24) is 0 Å². The molecule has 0 saturated heterocycles. The lowest BCUT2D eigenvalue weighted by Crippen LogP contribution is -2.13. The van der Waals surface area contributed by atoms with Crippen molar-refractivity contribution < 1.29 is 23.8 Å². The van der Waals surface area contributed by atoms with E-state index in [1.165, 1.54) is 57.2 Å². The fourth-order valence-corrected chi connectivity index (χ4v) is 2.93. The van der Waals surface area contributed by atoms with E-state index in [4.69, 9.17) is 13.9 Å². The van der Waals surface area contributed by atoms with Gasteiger partial charge in [-0.05, 0) is 24.6 Å². The van der Waals surface area contributed by atoms with E-state index in [1.54, 1.807) is 0 Å². The Labute approximate surface area is 159 Å². The minimum absolute atomic E-state index is 0.00999. The van der Waals surface area contributed by atoms with E-state index in [1.807, 2.05) is 0 Å². The van der Waals surface area contributed by atoms with Crippen molar-refractivity contribution in [3.05, 3.63) is 28.6 Å². The Morgan fingerprint density at radius 2 is 1.70 bits per heavy atom. The van der Waals surface area contributed by atoms with E-state index in [2.05, 4.69) is 6.92 Å². The van der Waals surface area contributed by atoms with E-state index < -0.39 is 11.6 Å². The van der Waals surface area contributed by atoms with Gasteiger partial charge in [0.1, 0.15) is 11.3 Å². The molecule has 0 saturated carbocycles. The molecular formula is C21H28O6. The van der Waals surface area contributed by atoms with Crippen molar-refractivity contribution in [2.75, 3.05) is 6.61 Å². The van der Waals surface area contributed by atoms with E-state index in [-0.39, 0.29) is 22.8 Å². The zero-order chi connectivity index (χ0) is 19.6. The lowest BCUT2D eigenvalue weighted by Gasteiger charge is -2.12. The molecule has 0 fully saturated rings. The molecule has 1 N–H and O–H groups in total. The molecule has 1 heterocycles. The van der Waals surface area contributed by atoms with Crippen molar-refractivity contribution in [3.8, 4) is 17.2 Å². The van der Waals surface area contributed by atoms with Crippen LogP contribution in [0.1, 0.15) is 65.2 Å². The molecule has 27 heavy (non-hydrogen) atoms. The van der Waals surface area contributed by atoms with Gasteiger partial charge in [-0.1, -0.05) is 51.9 Å². The van der Waals surface area contributed by atoms with Crippen LogP contribution in [0.5, 0.6) is 17.2 Å². The Bertz CT molecular complexity index is 808. The molecule has 0 unspecified atom stereocenters. The van der Waals surface area contributed by atoms with E-state index in [0.717, 1.165) is 19.3 Å². The molecule has 0 amide bonds. The van der Waals surface area contributed by atoms with Gasteiger partial charge in [0.15, 0.2) is 5.75 Å². The fraction of sp³-hybridized carbons (Fsp3) is 0.524. The van der Waals surface area contributed by atoms with Gasteiger partial charge < -0.3 is 19.0 Å². The first-order chi connectivity index (χ1) is 13.0. The number of hydrogen-bond donors (Lipinski definition) is 1. The molecule has 0 atom stereocenters. The molecule has 2 aromatic rings. The maximum Gasteiger partial charge on any atom is 0.383 e. The first-order valence-corrected chi connectivity index (χ1v) is 9.64. The smallest absolute Gasteiger partial charge is 0.383 e. The molecule has 1 aromatic heterocycles. The molecule has 0 aliphatic heterocycles. The number of aromatic hydroxyl groups is 1. The first-order valence-electron chi connectivity index (χ1n) is 9.64. The fourth-order valence-electron chi connectivity index (χ4n) is 2.93. The molecule has 1 aromatic carbocycles. The summed E-state index contributed by atoms with van der Waals surface area (Å²) >= 11 is 0. The lowest BCUT2D eigenvalue weighted by molar-refractivity contribution is -0.131. The zero-order valence-electron chi connectivity index (χ0n) is 16.1. The molecule has 148 valence electrons. The lowest BCUT2D eigenvalue weighted by atomic mass is 10.1. The van der Waals surface area contributed by atoms with Crippen LogP contribution >= 0.6 is 0 Å². The Hall–Kier alpha value is -2.50. The van der Waals surface area contributed by atoms with Gasteiger partial charge in [0.05, 0.1) is 12.0 Å². The molecule has 6 heteroatoms. The van der Waals surface area contributed by atoms with Crippen LogP contribution in [0.2, 0.25) is 0 Å². The number of esters is 1. The van der Waals surface area contributed by atoms with Crippen molar-refractivity contribution in [1.29, 1.82) is 0 Å². The number of hydrogen-bond acceptors (Lipinski definition) is 6. The monoisotopic (exact) mass is 376 g/mol. The van der Waals surface area contributed by atoms with Crippen LogP contribution in [0.25, 0.3) is 11.0 Å². The minimum Gasteiger partial charge on any atom is -0.508 e. The molecular weight excluding hydrogens is 348 g/mol. The van der Waals surface area contributed by atoms with Crippen LogP contribution in [-0.4, -0.2) is 17.7 Å². The highest BCUT2D eigenvalue weighted by atomic mass is 16.6. The van der Waals surface area contributed by atoms with Crippen LogP contribution in [-0.2, 0) is 4.79 Å². The summed E-state index contributed by atoms with van der Waals surface area (Å²) in [4.78, 5) is 23.7. The third kappa shape index (κ3) is 6.31. The second-order valence-electron chi connectivity index (χ2n) is 6.65. The number of phenolic OH excluding ortho intramolecular Hbond substituents is 1. The van der Waals surface area contributed by atoms with Gasteiger partial charge >= 0.3 is 11.6 Å². The predicted molar refractivity (Wildman–Crippen MR) is 104 cm³/mol. The van der Waals surface area contributed by atoms with Crippen LogP contribution in [0.15, 0.2) is 27.4 Å². The van der Waals surface area contributed by atoms with Crippen LogP contribution in [0.4, 0.5) is 0 Å². The van der Waals surface area contributed by atoms with Gasteiger partial charge in [-0.3, -0.25) is 4.79 Å². The van der Waals surface area contributed by atoms with Gasteiger partial charge in [-0.25, -0.2) is 4.79 Å². The molecule has 0 radical (unpaired) electrons. The summed E-state index contributed by atoms with van der Waals surface area (Å²) in [6.45, 7) is 3.77. The van der Waals surface area contributed by atoms with Gasteiger partial charge in [-0.2, -0.15) is 0 Å². The maximum absolute atomic E-state index is 12.2. The highest BCUT2D eigenvalue weighted by Crippen LogP contribution is 2.35. The number of unbranched alkanes of at least 4 members (excludes halogenated alkanes) is 7. The normalized spacial score (nSPS) is 10.9. The molecule has 0 aliphatic carbocycles. The molecule has 6 nitrogen and oxygen atoms in total. The summed E-state index contributed by atoms with van der Waals surface area (Å²) in [6, 6.07) is 4.21. The van der Waals surface area contributed by atoms with Crippen LogP contribution < -0.4 is 15.1 Å². The number of rotatable bonds is 11. The predicted octanol–water partition coefficient (Wildman–Crippen LogP) is 4.94. The summed E-state index contributed by atoms with van der Waals surface area (Å²) in [6.07, 6.45) is 9.20. The number of carbonyl (C=O) groups excluding carboxylic acids is 1. The highest BCUT2D eigenvalue weighted by Gasteiger charge is 2.19. The molecule has 2 rings (SSSR count). The molecule has 0 aliphatic rings. The van der Waals surface area contributed by atoms with Gasteiger partial charge in [0.2, 0.25) is 5.75 Å². The number of benzene rings is 1. The average molecular weight is 376 g/mol. The third-order valence-corrected chi connectivity index (χ3v) is 4.29. The second kappa shape index (κ2) is 10.6. The summed E-state index contributed by atoms with van der Waals surface area (Å²) in [7, 11) is 0. The minimum atomic E-state index is -0.705. The van der Waals surface area contributed by atoms with E-state index >= 15 is 0 Å². The zero-order valence-corrected chi connectivity index (χ0v) is 16.1. The Morgan fingerprint density at radius 1 is 1.04 bits per heavy atom. The average Bonchev–Trinajstić information content (AvgIpc) is 2.62. The summed E-state index contributed by atoms with van der Waals surface area (Å²) in [5.74, 6) is -0.753. The van der Waals surface area contributed by atoms with Gasteiger partial charge in [0, 0.05) is 6.92 Å². The second-order valence-corrected chi connectivity index (χ2v) is 6.65. The van der Waals surface area contributed by atoms with Crippen molar-refractivity contribution >= 4 is 16.9 Å². The number of carbonyl (C=O) groups is 1.